The van der Waals surface area contributed by atoms with Crippen LogP contribution in [-0.4, -0.2) is 49.1 Å². The molecule has 0 N–H and O–H groups in total. The molecular formula is C14H15BrN2O3. The third-order valence-corrected chi connectivity index (χ3v) is 4.22. The average molecular weight is 339 g/mol. The molecule has 2 amide bonds. The van der Waals surface area contributed by atoms with Gasteiger partial charge in [0.15, 0.2) is 0 Å². The third kappa shape index (κ3) is 2.51. The van der Waals surface area contributed by atoms with E-state index >= 15 is 0 Å². The lowest BCUT2D eigenvalue weighted by atomic mass is 10.2. The Morgan fingerprint density at radius 3 is 2.40 bits per heavy atom. The number of morpholine rings is 1. The molecule has 0 saturated carbocycles. The summed E-state index contributed by atoms with van der Waals surface area (Å²) in [7, 11) is 0. The van der Waals surface area contributed by atoms with Gasteiger partial charge in [-0.2, -0.15) is 0 Å². The monoisotopic (exact) mass is 338 g/mol. The van der Waals surface area contributed by atoms with Gasteiger partial charge in [0.2, 0.25) is 5.91 Å². The number of benzene rings is 1. The number of imide groups is 1. The van der Waals surface area contributed by atoms with Gasteiger partial charge in [-0.05, 0) is 24.3 Å². The van der Waals surface area contributed by atoms with Crippen LogP contribution < -0.4 is 4.90 Å². The normalized spacial score (nSPS) is 24.4. The highest BCUT2D eigenvalue weighted by atomic mass is 79.9. The van der Waals surface area contributed by atoms with Gasteiger partial charge in [-0.25, -0.2) is 4.90 Å². The van der Waals surface area contributed by atoms with Crippen molar-refractivity contribution in [3.8, 4) is 0 Å². The lowest BCUT2D eigenvalue weighted by Gasteiger charge is -2.30. The number of amides is 2. The topological polar surface area (TPSA) is 49.9 Å². The zero-order valence-corrected chi connectivity index (χ0v) is 12.5. The number of halogens is 1. The lowest BCUT2D eigenvalue weighted by molar-refractivity contribution is -0.123. The van der Waals surface area contributed by atoms with Gasteiger partial charge in [0.25, 0.3) is 5.91 Å². The van der Waals surface area contributed by atoms with Crippen molar-refractivity contribution in [1.82, 2.24) is 4.90 Å². The molecule has 2 fully saturated rings. The molecule has 106 valence electrons. The smallest absolute Gasteiger partial charge is 0.251 e. The second kappa shape index (κ2) is 5.63. The number of ether oxygens (including phenoxy) is 1. The summed E-state index contributed by atoms with van der Waals surface area (Å²) >= 11 is 3.35. The first-order chi connectivity index (χ1) is 9.66. The van der Waals surface area contributed by atoms with E-state index in [1.165, 1.54) is 4.90 Å². The second-order valence-electron chi connectivity index (χ2n) is 4.91. The highest BCUT2D eigenvalue weighted by Crippen LogP contribution is 2.27. The van der Waals surface area contributed by atoms with E-state index in [-0.39, 0.29) is 24.3 Å². The first kappa shape index (κ1) is 13.7. The number of hydrogen-bond donors (Lipinski definition) is 0. The van der Waals surface area contributed by atoms with Crippen LogP contribution in [0.3, 0.4) is 0 Å². The van der Waals surface area contributed by atoms with Gasteiger partial charge in [-0.3, -0.25) is 14.5 Å². The highest BCUT2D eigenvalue weighted by Gasteiger charge is 2.42. The van der Waals surface area contributed by atoms with Crippen LogP contribution in [0.25, 0.3) is 0 Å². The Kier molecular flexibility index (Phi) is 3.87. The molecule has 3 rings (SSSR count). The number of carbonyl (C=O) groups excluding carboxylic acids is 2. The number of anilines is 1. The van der Waals surface area contributed by atoms with Crippen LogP contribution in [0, 0.1) is 0 Å². The molecule has 5 nitrogen and oxygen atoms in total. The van der Waals surface area contributed by atoms with E-state index < -0.39 is 0 Å². The standard InChI is InChI=1S/C14H15BrN2O3/c15-10-1-3-11(4-2-10)17-13(18)9-12(14(17)19)16-5-7-20-8-6-16/h1-4,12H,5-9H2/t12-/m1/s1. The Labute approximate surface area is 125 Å². The van der Waals surface area contributed by atoms with Crippen LogP contribution in [0.5, 0.6) is 0 Å². The van der Waals surface area contributed by atoms with Crippen LogP contribution in [0.1, 0.15) is 6.42 Å². The van der Waals surface area contributed by atoms with Crippen molar-refractivity contribution >= 4 is 33.4 Å². The van der Waals surface area contributed by atoms with Crippen molar-refractivity contribution in [3.63, 3.8) is 0 Å². The maximum Gasteiger partial charge on any atom is 0.251 e. The molecule has 2 saturated heterocycles. The number of rotatable bonds is 2. The molecular weight excluding hydrogens is 324 g/mol. The summed E-state index contributed by atoms with van der Waals surface area (Å²) in [6, 6.07) is 6.88. The number of carbonyl (C=O) groups is 2. The van der Waals surface area contributed by atoms with E-state index in [9.17, 15) is 9.59 Å². The molecule has 0 bridgehead atoms. The molecule has 20 heavy (non-hydrogen) atoms. The maximum absolute atomic E-state index is 12.5. The summed E-state index contributed by atoms with van der Waals surface area (Å²) in [5, 5.41) is 0. The van der Waals surface area contributed by atoms with E-state index in [1.54, 1.807) is 12.1 Å². The Bertz CT molecular complexity index is 526. The summed E-state index contributed by atoms with van der Waals surface area (Å²) in [5.74, 6) is -0.256. The van der Waals surface area contributed by atoms with E-state index in [4.69, 9.17) is 4.74 Å². The van der Waals surface area contributed by atoms with Crippen molar-refractivity contribution in [3.05, 3.63) is 28.7 Å². The predicted molar refractivity (Wildman–Crippen MR) is 77.4 cm³/mol. The Balaban J connectivity index is 1.81. The maximum atomic E-state index is 12.5. The minimum absolute atomic E-state index is 0.126. The summed E-state index contributed by atoms with van der Waals surface area (Å²) in [6.45, 7) is 2.65. The highest BCUT2D eigenvalue weighted by molar-refractivity contribution is 9.10. The quantitative estimate of drug-likeness (QED) is 0.765. The van der Waals surface area contributed by atoms with Crippen LogP contribution in [0.4, 0.5) is 5.69 Å². The van der Waals surface area contributed by atoms with Gasteiger partial charge in [0.05, 0.1) is 31.4 Å². The summed E-state index contributed by atoms with van der Waals surface area (Å²) in [5.41, 5.74) is 0.638. The molecule has 0 spiro atoms. The Morgan fingerprint density at radius 2 is 1.75 bits per heavy atom. The average Bonchev–Trinajstić information content (AvgIpc) is 2.76. The molecule has 1 aromatic rings. The fourth-order valence-corrected chi connectivity index (χ4v) is 2.92. The molecule has 2 aliphatic heterocycles. The van der Waals surface area contributed by atoms with Crippen molar-refractivity contribution < 1.29 is 14.3 Å². The molecule has 2 aliphatic rings. The number of hydrogen-bond acceptors (Lipinski definition) is 4. The second-order valence-corrected chi connectivity index (χ2v) is 5.83. The first-order valence-corrected chi connectivity index (χ1v) is 7.40. The van der Waals surface area contributed by atoms with E-state index in [2.05, 4.69) is 15.9 Å². The van der Waals surface area contributed by atoms with Crippen LogP contribution >= 0.6 is 15.9 Å². The van der Waals surface area contributed by atoms with Crippen molar-refractivity contribution in [2.24, 2.45) is 0 Å². The summed E-state index contributed by atoms with van der Waals surface area (Å²) in [6.07, 6.45) is 0.259. The molecule has 1 atom stereocenters. The van der Waals surface area contributed by atoms with Gasteiger partial charge >= 0.3 is 0 Å². The van der Waals surface area contributed by atoms with Crippen LogP contribution in [0.2, 0.25) is 0 Å². The first-order valence-electron chi connectivity index (χ1n) is 6.61. The van der Waals surface area contributed by atoms with Crippen molar-refractivity contribution in [1.29, 1.82) is 0 Å². The van der Waals surface area contributed by atoms with E-state index in [0.717, 1.165) is 4.47 Å². The number of nitrogens with zero attached hydrogens (tertiary/aromatic N) is 2. The minimum Gasteiger partial charge on any atom is -0.379 e. The molecule has 2 heterocycles. The zero-order valence-electron chi connectivity index (χ0n) is 10.9. The fraction of sp³-hybridized carbons (Fsp3) is 0.429. The van der Waals surface area contributed by atoms with Gasteiger partial charge in [-0.15, -0.1) is 0 Å². The third-order valence-electron chi connectivity index (χ3n) is 3.69. The zero-order chi connectivity index (χ0) is 14.1. The molecule has 0 aliphatic carbocycles. The molecule has 6 heteroatoms. The Morgan fingerprint density at radius 1 is 1.10 bits per heavy atom. The SMILES string of the molecule is O=C1C[C@@H](N2CCOCC2)C(=O)N1c1ccc(Br)cc1. The molecule has 1 aromatic carbocycles. The van der Waals surface area contributed by atoms with E-state index in [1.807, 2.05) is 17.0 Å². The van der Waals surface area contributed by atoms with Gasteiger partial charge < -0.3 is 4.74 Å². The van der Waals surface area contributed by atoms with Gasteiger partial charge in [0, 0.05) is 17.6 Å². The van der Waals surface area contributed by atoms with Crippen LogP contribution in [0.15, 0.2) is 28.7 Å². The van der Waals surface area contributed by atoms with E-state index in [0.29, 0.717) is 32.0 Å². The van der Waals surface area contributed by atoms with Crippen molar-refractivity contribution in [2.75, 3.05) is 31.2 Å². The van der Waals surface area contributed by atoms with Gasteiger partial charge in [-0.1, -0.05) is 15.9 Å². The minimum atomic E-state index is -0.338. The molecule has 0 radical (unpaired) electrons. The largest absolute Gasteiger partial charge is 0.379 e. The summed E-state index contributed by atoms with van der Waals surface area (Å²) in [4.78, 5) is 28.0. The molecule has 0 unspecified atom stereocenters. The molecule has 0 aromatic heterocycles. The lowest BCUT2D eigenvalue weighted by Crippen LogP contribution is -2.47. The van der Waals surface area contributed by atoms with Crippen LogP contribution in [-0.2, 0) is 14.3 Å². The Hall–Kier alpha value is -1.24. The fourth-order valence-electron chi connectivity index (χ4n) is 2.65. The summed E-state index contributed by atoms with van der Waals surface area (Å²) < 4.78 is 6.21. The predicted octanol–water partition coefficient (Wildman–Crippen LogP) is 1.41. The van der Waals surface area contributed by atoms with Crippen molar-refractivity contribution in [2.45, 2.75) is 12.5 Å². The van der Waals surface area contributed by atoms with Gasteiger partial charge in [0.1, 0.15) is 0 Å².